The fourth-order valence-corrected chi connectivity index (χ4v) is 1.95. The highest BCUT2D eigenvalue weighted by atomic mass is 19.4. The van der Waals surface area contributed by atoms with Crippen LogP contribution in [0.1, 0.15) is 33.1 Å². The molecule has 0 aromatic rings. The summed E-state index contributed by atoms with van der Waals surface area (Å²) in [5, 5.41) is 3.27. The molecule has 0 spiro atoms. The highest BCUT2D eigenvalue weighted by Crippen LogP contribution is 2.29. The lowest BCUT2D eigenvalue weighted by Crippen LogP contribution is -2.60. The minimum Gasteiger partial charge on any atom is -0.374 e. The van der Waals surface area contributed by atoms with Crippen molar-refractivity contribution in [3.8, 4) is 0 Å². The average Bonchev–Trinajstić information content (AvgIpc) is 2.26. The summed E-state index contributed by atoms with van der Waals surface area (Å²) in [7, 11) is 0. The van der Waals surface area contributed by atoms with Crippen LogP contribution in [0.4, 0.5) is 13.2 Å². The van der Waals surface area contributed by atoms with Gasteiger partial charge in [-0.1, -0.05) is 13.8 Å². The Morgan fingerprint density at radius 2 is 1.89 bits per heavy atom. The van der Waals surface area contributed by atoms with Gasteiger partial charge in [0.15, 0.2) is 0 Å². The van der Waals surface area contributed by atoms with Crippen LogP contribution in [-0.2, 0) is 9.47 Å². The summed E-state index contributed by atoms with van der Waals surface area (Å²) in [5.41, 5.74) is 0. The van der Waals surface area contributed by atoms with Crippen LogP contribution >= 0.6 is 0 Å². The van der Waals surface area contributed by atoms with Crippen LogP contribution in [0.5, 0.6) is 0 Å². The van der Waals surface area contributed by atoms with E-state index in [0.29, 0.717) is 13.0 Å². The maximum absolute atomic E-state index is 12.1. The molecule has 6 heteroatoms. The number of nitrogens with one attached hydrogen (secondary N) is 1. The van der Waals surface area contributed by atoms with Gasteiger partial charge < -0.3 is 14.8 Å². The van der Waals surface area contributed by atoms with Crippen LogP contribution in [0, 0.1) is 0 Å². The van der Waals surface area contributed by atoms with Gasteiger partial charge in [-0.15, -0.1) is 0 Å². The standard InChI is InChI=1S/C12H22F3NO2/c1-3-5-16-9-7-10(11(9)17-6-4-2)18-8-12(13,14)15/h9-11,16H,3-8H2,1-2H3. The van der Waals surface area contributed by atoms with Crippen molar-refractivity contribution in [2.24, 2.45) is 0 Å². The van der Waals surface area contributed by atoms with E-state index in [9.17, 15) is 13.2 Å². The molecule has 1 aliphatic rings. The molecule has 0 bridgehead atoms. The first kappa shape index (κ1) is 15.7. The zero-order valence-electron chi connectivity index (χ0n) is 10.9. The molecule has 0 amide bonds. The molecule has 0 aromatic carbocycles. The first-order chi connectivity index (χ1) is 8.48. The van der Waals surface area contributed by atoms with Crippen molar-refractivity contribution in [2.75, 3.05) is 19.8 Å². The van der Waals surface area contributed by atoms with E-state index in [4.69, 9.17) is 9.47 Å². The predicted molar refractivity (Wildman–Crippen MR) is 62.5 cm³/mol. The minimum atomic E-state index is -4.27. The molecule has 108 valence electrons. The second-order valence-corrected chi connectivity index (χ2v) is 4.60. The van der Waals surface area contributed by atoms with E-state index in [-0.39, 0.29) is 12.1 Å². The van der Waals surface area contributed by atoms with Crippen molar-refractivity contribution in [1.29, 1.82) is 0 Å². The van der Waals surface area contributed by atoms with Gasteiger partial charge in [0.05, 0.1) is 12.2 Å². The maximum Gasteiger partial charge on any atom is 0.411 e. The van der Waals surface area contributed by atoms with Crippen LogP contribution in [0.2, 0.25) is 0 Å². The third-order valence-electron chi connectivity index (χ3n) is 2.88. The van der Waals surface area contributed by atoms with E-state index in [2.05, 4.69) is 5.32 Å². The Bertz CT molecular complexity index is 236. The molecule has 1 rings (SSSR count). The fourth-order valence-electron chi connectivity index (χ4n) is 1.95. The topological polar surface area (TPSA) is 30.5 Å². The smallest absolute Gasteiger partial charge is 0.374 e. The lowest BCUT2D eigenvalue weighted by atomic mass is 9.85. The maximum atomic E-state index is 12.1. The van der Waals surface area contributed by atoms with E-state index < -0.39 is 18.9 Å². The van der Waals surface area contributed by atoms with Crippen LogP contribution in [0.15, 0.2) is 0 Å². The first-order valence-electron chi connectivity index (χ1n) is 6.51. The largest absolute Gasteiger partial charge is 0.411 e. The third-order valence-corrected chi connectivity index (χ3v) is 2.88. The Hall–Kier alpha value is -0.330. The molecule has 18 heavy (non-hydrogen) atoms. The lowest BCUT2D eigenvalue weighted by molar-refractivity contribution is -0.221. The van der Waals surface area contributed by atoms with Crippen LogP contribution < -0.4 is 5.32 Å². The summed E-state index contributed by atoms with van der Waals surface area (Å²) in [6.45, 7) is 4.23. The third kappa shape index (κ3) is 5.12. The molecule has 1 N–H and O–H groups in total. The number of ether oxygens (including phenoxy) is 2. The minimum absolute atomic E-state index is 0.120. The zero-order valence-corrected chi connectivity index (χ0v) is 10.9. The van der Waals surface area contributed by atoms with Gasteiger partial charge in [-0.25, -0.2) is 0 Å². The molecule has 0 radical (unpaired) electrons. The summed E-state index contributed by atoms with van der Waals surface area (Å²) >= 11 is 0. The Balaban J connectivity index is 2.34. The molecule has 1 fully saturated rings. The zero-order chi connectivity index (χ0) is 13.6. The summed E-state index contributed by atoms with van der Waals surface area (Å²) in [5.74, 6) is 0. The highest BCUT2D eigenvalue weighted by Gasteiger charge is 2.44. The van der Waals surface area contributed by atoms with Crippen LogP contribution in [0.25, 0.3) is 0 Å². The van der Waals surface area contributed by atoms with Crippen molar-refractivity contribution in [3.63, 3.8) is 0 Å². The van der Waals surface area contributed by atoms with E-state index in [1.54, 1.807) is 0 Å². The van der Waals surface area contributed by atoms with Gasteiger partial charge in [0, 0.05) is 12.6 Å². The Morgan fingerprint density at radius 3 is 2.44 bits per heavy atom. The van der Waals surface area contributed by atoms with E-state index in [1.165, 1.54) is 0 Å². The van der Waals surface area contributed by atoms with Crippen molar-refractivity contribution in [1.82, 2.24) is 5.32 Å². The Morgan fingerprint density at radius 1 is 1.17 bits per heavy atom. The SMILES string of the molecule is CCCNC1CC(OCC(F)(F)F)C1OCCC. The molecule has 3 nitrogen and oxygen atoms in total. The molecule has 3 atom stereocenters. The molecular formula is C12H22F3NO2. The number of hydrogen-bond acceptors (Lipinski definition) is 3. The quantitative estimate of drug-likeness (QED) is 0.734. The molecule has 0 heterocycles. The fraction of sp³-hybridized carbons (Fsp3) is 1.00. The van der Waals surface area contributed by atoms with Gasteiger partial charge in [0.1, 0.15) is 6.61 Å². The number of alkyl halides is 3. The summed E-state index contributed by atoms with van der Waals surface area (Å²) < 4.78 is 46.7. The van der Waals surface area contributed by atoms with Crippen LogP contribution in [0.3, 0.4) is 0 Å². The van der Waals surface area contributed by atoms with Gasteiger partial charge in [-0.2, -0.15) is 13.2 Å². The van der Waals surface area contributed by atoms with E-state index in [1.807, 2.05) is 13.8 Å². The molecular weight excluding hydrogens is 247 g/mol. The summed E-state index contributed by atoms with van der Waals surface area (Å²) in [6, 6.07) is 0.120. The van der Waals surface area contributed by atoms with Gasteiger partial charge in [0.2, 0.25) is 0 Å². The van der Waals surface area contributed by atoms with Gasteiger partial charge >= 0.3 is 6.18 Å². The summed E-state index contributed by atoms with van der Waals surface area (Å²) in [6.07, 6.45) is -2.53. The number of rotatable bonds is 8. The van der Waals surface area contributed by atoms with Gasteiger partial charge in [-0.05, 0) is 25.8 Å². The Kier molecular flexibility index (Phi) is 6.38. The van der Waals surface area contributed by atoms with Crippen molar-refractivity contribution >= 4 is 0 Å². The average molecular weight is 269 g/mol. The van der Waals surface area contributed by atoms with Crippen molar-refractivity contribution < 1.29 is 22.6 Å². The van der Waals surface area contributed by atoms with E-state index >= 15 is 0 Å². The molecule has 0 saturated heterocycles. The monoisotopic (exact) mass is 269 g/mol. The van der Waals surface area contributed by atoms with Gasteiger partial charge in [-0.3, -0.25) is 0 Å². The molecule has 0 aliphatic heterocycles. The van der Waals surface area contributed by atoms with Crippen molar-refractivity contribution in [3.05, 3.63) is 0 Å². The van der Waals surface area contributed by atoms with E-state index in [0.717, 1.165) is 19.4 Å². The second kappa shape index (κ2) is 7.31. The molecule has 0 aromatic heterocycles. The number of hydrogen-bond donors (Lipinski definition) is 1. The van der Waals surface area contributed by atoms with Gasteiger partial charge in [0.25, 0.3) is 0 Å². The summed E-state index contributed by atoms with van der Waals surface area (Å²) in [4.78, 5) is 0. The Labute approximate surface area is 106 Å². The second-order valence-electron chi connectivity index (χ2n) is 4.60. The van der Waals surface area contributed by atoms with Crippen molar-refractivity contribution in [2.45, 2.75) is 57.5 Å². The predicted octanol–water partition coefficient (Wildman–Crippen LogP) is 2.50. The van der Waals surface area contributed by atoms with Crippen LogP contribution in [-0.4, -0.2) is 44.2 Å². The molecule has 1 aliphatic carbocycles. The first-order valence-corrected chi connectivity index (χ1v) is 6.51. The lowest BCUT2D eigenvalue weighted by Gasteiger charge is -2.44. The highest BCUT2D eigenvalue weighted by molar-refractivity contribution is 4.97. The normalized spacial score (nSPS) is 28.2. The molecule has 3 unspecified atom stereocenters. The number of halogens is 3. The molecule has 1 saturated carbocycles.